The van der Waals surface area contributed by atoms with Crippen LogP contribution in [0.15, 0.2) is 54.9 Å². The fraction of sp³-hybridized carbons (Fsp3) is 0.125. The van der Waals surface area contributed by atoms with Gasteiger partial charge < -0.3 is 5.32 Å². The van der Waals surface area contributed by atoms with Crippen molar-refractivity contribution in [2.24, 2.45) is 0 Å². The molecule has 1 N–H and O–H groups in total. The third-order valence-corrected chi connectivity index (χ3v) is 3.25. The van der Waals surface area contributed by atoms with Crippen molar-refractivity contribution in [2.75, 3.05) is 5.32 Å². The number of benzene rings is 2. The second-order valence-electron chi connectivity index (χ2n) is 4.78. The van der Waals surface area contributed by atoms with E-state index in [4.69, 9.17) is 0 Å². The van der Waals surface area contributed by atoms with Crippen LogP contribution in [0, 0.1) is 0 Å². The molecule has 0 fully saturated rings. The molecule has 3 nitrogen and oxygen atoms in total. The van der Waals surface area contributed by atoms with Gasteiger partial charge in [0.2, 0.25) is 0 Å². The molecule has 3 aromatic rings. The molecule has 0 aliphatic carbocycles. The SMILES string of the molecule is FC(F)(F)c1ccccc1NCc1ccc2nccnc2c1. The molecule has 0 atom stereocenters. The van der Waals surface area contributed by atoms with Crippen LogP contribution in [0.1, 0.15) is 11.1 Å². The molecule has 0 unspecified atom stereocenters. The summed E-state index contributed by atoms with van der Waals surface area (Å²) in [5.74, 6) is 0. The Bertz CT molecular complexity index is 800. The molecule has 0 saturated heterocycles. The molecule has 0 spiro atoms. The monoisotopic (exact) mass is 303 g/mol. The molecule has 0 amide bonds. The third kappa shape index (κ3) is 3.00. The number of para-hydroxylation sites is 1. The minimum atomic E-state index is -4.38. The molecule has 22 heavy (non-hydrogen) atoms. The van der Waals surface area contributed by atoms with Gasteiger partial charge in [-0.05, 0) is 29.8 Å². The molecule has 0 aliphatic heterocycles. The van der Waals surface area contributed by atoms with E-state index in [9.17, 15) is 13.2 Å². The van der Waals surface area contributed by atoms with Gasteiger partial charge in [-0.25, -0.2) is 0 Å². The zero-order valence-electron chi connectivity index (χ0n) is 11.4. The lowest BCUT2D eigenvalue weighted by atomic mass is 10.1. The van der Waals surface area contributed by atoms with Gasteiger partial charge in [-0.1, -0.05) is 18.2 Å². The van der Waals surface area contributed by atoms with Crippen molar-refractivity contribution < 1.29 is 13.2 Å². The van der Waals surface area contributed by atoms with E-state index >= 15 is 0 Å². The van der Waals surface area contributed by atoms with Crippen LogP contribution in [0.4, 0.5) is 18.9 Å². The summed E-state index contributed by atoms with van der Waals surface area (Å²) in [6, 6.07) is 10.9. The van der Waals surface area contributed by atoms with E-state index in [0.717, 1.165) is 17.1 Å². The van der Waals surface area contributed by atoms with Crippen LogP contribution >= 0.6 is 0 Å². The first-order valence-electron chi connectivity index (χ1n) is 6.64. The van der Waals surface area contributed by atoms with Crippen molar-refractivity contribution in [1.82, 2.24) is 9.97 Å². The second kappa shape index (κ2) is 5.63. The third-order valence-electron chi connectivity index (χ3n) is 3.25. The summed E-state index contributed by atoms with van der Waals surface area (Å²) >= 11 is 0. The maximum absolute atomic E-state index is 12.9. The van der Waals surface area contributed by atoms with Crippen LogP contribution in [0.3, 0.4) is 0 Å². The molecule has 6 heteroatoms. The highest BCUT2D eigenvalue weighted by molar-refractivity contribution is 5.74. The van der Waals surface area contributed by atoms with E-state index < -0.39 is 11.7 Å². The summed E-state index contributed by atoms with van der Waals surface area (Å²) < 4.78 is 38.8. The zero-order valence-corrected chi connectivity index (χ0v) is 11.4. The van der Waals surface area contributed by atoms with E-state index in [2.05, 4.69) is 15.3 Å². The zero-order chi connectivity index (χ0) is 15.6. The largest absolute Gasteiger partial charge is 0.418 e. The van der Waals surface area contributed by atoms with E-state index in [1.54, 1.807) is 24.5 Å². The highest BCUT2D eigenvalue weighted by Crippen LogP contribution is 2.34. The van der Waals surface area contributed by atoms with Crippen LogP contribution in [-0.4, -0.2) is 9.97 Å². The molecular weight excluding hydrogens is 291 g/mol. The van der Waals surface area contributed by atoms with Gasteiger partial charge in [0, 0.05) is 24.6 Å². The maximum atomic E-state index is 12.9. The summed E-state index contributed by atoms with van der Waals surface area (Å²) in [6.07, 6.45) is -1.20. The molecule has 0 saturated carbocycles. The Labute approximate surface area is 124 Å². The average molecular weight is 303 g/mol. The fourth-order valence-electron chi connectivity index (χ4n) is 2.20. The summed E-state index contributed by atoms with van der Waals surface area (Å²) in [7, 11) is 0. The van der Waals surface area contributed by atoms with Crippen LogP contribution in [0.25, 0.3) is 11.0 Å². The van der Waals surface area contributed by atoms with E-state index in [1.165, 1.54) is 12.1 Å². The van der Waals surface area contributed by atoms with E-state index in [-0.39, 0.29) is 12.2 Å². The number of rotatable bonds is 3. The minimum absolute atomic E-state index is 0.0641. The summed E-state index contributed by atoms with van der Waals surface area (Å²) in [5, 5.41) is 2.83. The van der Waals surface area contributed by atoms with Crippen molar-refractivity contribution in [2.45, 2.75) is 12.7 Å². The van der Waals surface area contributed by atoms with Gasteiger partial charge in [0.25, 0.3) is 0 Å². The highest BCUT2D eigenvalue weighted by atomic mass is 19.4. The molecule has 112 valence electrons. The van der Waals surface area contributed by atoms with Crippen molar-refractivity contribution in [3.8, 4) is 0 Å². The second-order valence-corrected chi connectivity index (χ2v) is 4.78. The molecule has 0 aliphatic rings. The number of hydrogen-bond acceptors (Lipinski definition) is 3. The predicted molar refractivity (Wildman–Crippen MR) is 78.3 cm³/mol. The number of hydrogen-bond donors (Lipinski definition) is 1. The van der Waals surface area contributed by atoms with Crippen LogP contribution in [-0.2, 0) is 12.7 Å². The average Bonchev–Trinajstić information content (AvgIpc) is 2.52. The molecular formula is C16H12F3N3. The Balaban J connectivity index is 1.82. The van der Waals surface area contributed by atoms with E-state index in [1.807, 2.05) is 12.1 Å². The number of alkyl halides is 3. The standard InChI is InChI=1S/C16H12F3N3/c17-16(18,19)12-3-1-2-4-13(12)22-10-11-5-6-14-15(9-11)21-8-7-20-14/h1-9,22H,10H2. The van der Waals surface area contributed by atoms with Crippen molar-refractivity contribution in [3.63, 3.8) is 0 Å². The van der Waals surface area contributed by atoms with Gasteiger partial charge in [0.05, 0.1) is 16.6 Å². The van der Waals surface area contributed by atoms with Gasteiger partial charge in [0.1, 0.15) is 0 Å². The van der Waals surface area contributed by atoms with Crippen molar-refractivity contribution in [1.29, 1.82) is 0 Å². The minimum Gasteiger partial charge on any atom is -0.380 e. The van der Waals surface area contributed by atoms with Crippen LogP contribution < -0.4 is 5.32 Å². The van der Waals surface area contributed by atoms with Gasteiger partial charge in [0.15, 0.2) is 0 Å². The maximum Gasteiger partial charge on any atom is 0.418 e. The van der Waals surface area contributed by atoms with Crippen molar-refractivity contribution >= 4 is 16.7 Å². The quantitative estimate of drug-likeness (QED) is 0.785. The lowest BCUT2D eigenvalue weighted by Crippen LogP contribution is -2.10. The molecule has 0 bridgehead atoms. The first kappa shape index (κ1) is 14.3. The number of fused-ring (bicyclic) bond motifs is 1. The molecule has 1 heterocycles. The summed E-state index contributed by atoms with van der Waals surface area (Å²) in [5.41, 5.74) is 1.70. The van der Waals surface area contributed by atoms with Crippen LogP contribution in [0.5, 0.6) is 0 Å². The molecule has 1 aromatic heterocycles. The predicted octanol–water partition coefficient (Wildman–Crippen LogP) is 4.26. The topological polar surface area (TPSA) is 37.8 Å². The number of halogens is 3. The van der Waals surface area contributed by atoms with E-state index in [0.29, 0.717) is 5.52 Å². The Morgan fingerprint density at radius 3 is 2.41 bits per heavy atom. The summed E-state index contributed by atoms with van der Waals surface area (Å²) in [6.45, 7) is 0.277. The number of anilines is 1. The number of nitrogens with zero attached hydrogens (tertiary/aromatic N) is 2. The normalized spacial score (nSPS) is 11.6. The lowest BCUT2D eigenvalue weighted by molar-refractivity contribution is -0.136. The Kier molecular flexibility index (Phi) is 3.66. The Morgan fingerprint density at radius 1 is 0.909 bits per heavy atom. The Hall–Kier alpha value is -2.63. The van der Waals surface area contributed by atoms with Gasteiger partial charge >= 0.3 is 6.18 Å². The number of nitrogens with one attached hydrogen (secondary N) is 1. The molecule has 2 aromatic carbocycles. The molecule has 0 radical (unpaired) electrons. The number of aromatic nitrogens is 2. The first-order chi connectivity index (χ1) is 10.5. The van der Waals surface area contributed by atoms with Gasteiger partial charge in [-0.3, -0.25) is 9.97 Å². The van der Waals surface area contributed by atoms with Crippen LogP contribution in [0.2, 0.25) is 0 Å². The smallest absolute Gasteiger partial charge is 0.380 e. The van der Waals surface area contributed by atoms with Gasteiger partial charge in [-0.2, -0.15) is 13.2 Å². The lowest BCUT2D eigenvalue weighted by Gasteiger charge is -2.14. The highest BCUT2D eigenvalue weighted by Gasteiger charge is 2.32. The Morgan fingerprint density at radius 2 is 1.64 bits per heavy atom. The summed E-state index contributed by atoms with van der Waals surface area (Å²) in [4.78, 5) is 8.34. The first-order valence-corrected chi connectivity index (χ1v) is 6.64. The fourth-order valence-corrected chi connectivity index (χ4v) is 2.20. The van der Waals surface area contributed by atoms with Gasteiger partial charge in [-0.15, -0.1) is 0 Å². The molecule has 3 rings (SSSR count). The van der Waals surface area contributed by atoms with Crippen molar-refractivity contribution in [3.05, 3.63) is 66.0 Å².